The highest BCUT2D eigenvalue weighted by molar-refractivity contribution is 7.99. The number of likely N-dealkylation sites (tertiary alicyclic amines) is 1. The molecule has 34 heavy (non-hydrogen) atoms. The number of carbonyl (C=O) groups excluding carboxylic acids is 1. The second-order valence-electron chi connectivity index (χ2n) is 10.4. The van der Waals surface area contributed by atoms with Crippen molar-refractivity contribution in [3.63, 3.8) is 0 Å². The predicted molar refractivity (Wildman–Crippen MR) is 130 cm³/mol. The zero-order valence-corrected chi connectivity index (χ0v) is 21.0. The Hall–Kier alpha value is -2.09. The number of fused-ring (bicyclic) bond motifs is 2. The van der Waals surface area contributed by atoms with Gasteiger partial charge in [0.2, 0.25) is 5.91 Å². The van der Waals surface area contributed by atoms with E-state index in [0.29, 0.717) is 23.4 Å². The Balaban J connectivity index is 1.33. The maximum absolute atomic E-state index is 14.1. The van der Waals surface area contributed by atoms with Crippen LogP contribution in [0.25, 0.3) is 0 Å². The van der Waals surface area contributed by atoms with E-state index in [-0.39, 0.29) is 30.1 Å². The molecule has 2 heterocycles. The van der Waals surface area contributed by atoms with Gasteiger partial charge in [-0.15, -0.1) is 10.2 Å². The van der Waals surface area contributed by atoms with Gasteiger partial charge in [-0.05, 0) is 74.8 Å². The van der Waals surface area contributed by atoms with E-state index >= 15 is 0 Å². The van der Waals surface area contributed by atoms with Crippen LogP contribution in [0.4, 0.5) is 4.39 Å². The minimum absolute atomic E-state index is 0.150. The fraction of sp³-hybridized carbons (Fsp3) is 0.654. The molecule has 1 aromatic heterocycles. The number of nitrogens with zero attached hydrogens (tertiary/aromatic N) is 4. The number of halogens is 1. The van der Waals surface area contributed by atoms with Crippen molar-refractivity contribution in [1.82, 2.24) is 19.7 Å². The number of piperidine rings is 1. The Morgan fingerprint density at radius 3 is 2.82 bits per heavy atom. The van der Waals surface area contributed by atoms with Crippen molar-refractivity contribution in [1.29, 1.82) is 0 Å². The van der Waals surface area contributed by atoms with Gasteiger partial charge in [0.25, 0.3) is 0 Å². The number of benzene rings is 1. The van der Waals surface area contributed by atoms with Crippen LogP contribution in [0.5, 0.6) is 5.75 Å². The molecule has 0 spiro atoms. The van der Waals surface area contributed by atoms with E-state index in [2.05, 4.69) is 28.6 Å². The van der Waals surface area contributed by atoms with E-state index in [0.717, 1.165) is 36.5 Å². The van der Waals surface area contributed by atoms with Crippen LogP contribution in [0.2, 0.25) is 0 Å². The molecule has 1 aliphatic heterocycles. The Labute approximate surface area is 205 Å². The number of hydrogen-bond donors (Lipinski definition) is 0. The lowest BCUT2D eigenvalue weighted by atomic mass is 9.84. The molecule has 2 bridgehead atoms. The van der Waals surface area contributed by atoms with Crippen molar-refractivity contribution in [3.05, 3.63) is 35.9 Å². The summed E-state index contributed by atoms with van der Waals surface area (Å²) in [5, 5.41) is 9.67. The average Bonchev–Trinajstić information content (AvgIpc) is 3.57. The standard InChI is InChI=1S/C26H35FN4O2S/c1-17-6-5-11-30(14-17)25(32)16-34-26-29-28-24(15-33-23-8-4-3-7-22(23)27)31(26)18(2)21-13-19-9-10-20(21)12-19/h3-4,7-8,17-21H,5-6,9-16H2,1-2H3. The first-order valence-corrected chi connectivity index (χ1v) is 13.7. The van der Waals surface area contributed by atoms with E-state index in [4.69, 9.17) is 4.74 Å². The number of thioether (sulfide) groups is 1. The second-order valence-corrected chi connectivity index (χ2v) is 11.4. The Morgan fingerprint density at radius 1 is 1.24 bits per heavy atom. The van der Waals surface area contributed by atoms with Crippen molar-refractivity contribution in [2.75, 3.05) is 18.8 Å². The van der Waals surface area contributed by atoms with Gasteiger partial charge in [0, 0.05) is 19.1 Å². The average molecular weight is 487 g/mol. The van der Waals surface area contributed by atoms with E-state index in [1.54, 1.807) is 18.2 Å². The quantitative estimate of drug-likeness (QED) is 0.471. The van der Waals surface area contributed by atoms with Crippen LogP contribution in [0.1, 0.15) is 64.2 Å². The highest BCUT2D eigenvalue weighted by Crippen LogP contribution is 2.52. The van der Waals surface area contributed by atoms with Crippen LogP contribution in [-0.2, 0) is 11.4 Å². The highest BCUT2D eigenvalue weighted by atomic mass is 32.2. The minimum atomic E-state index is -0.384. The molecule has 5 atom stereocenters. The smallest absolute Gasteiger partial charge is 0.233 e. The van der Waals surface area contributed by atoms with Crippen LogP contribution >= 0.6 is 11.8 Å². The first-order valence-electron chi connectivity index (χ1n) is 12.7. The molecule has 3 aliphatic rings. The second kappa shape index (κ2) is 10.3. The number of aromatic nitrogens is 3. The number of amides is 1. The zero-order chi connectivity index (χ0) is 23.7. The summed E-state index contributed by atoms with van der Waals surface area (Å²) >= 11 is 1.47. The lowest BCUT2D eigenvalue weighted by Gasteiger charge is -2.31. The van der Waals surface area contributed by atoms with Crippen molar-refractivity contribution >= 4 is 17.7 Å². The topological polar surface area (TPSA) is 60.3 Å². The zero-order valence-electron chi connectivity index (χ0n) is 20.2. The summed E-state index contributed by atoms with van der Waals surface area (Å²) < 4.78 is 22.1. The van der Waals surface area contributed by atoms with Gasteiger partial charge in [0.05, 0.1) is 5.75 Å². The van der Waals surface area contributed by atoms with Gasteiger partial charge in [-0.3, -0.25) is 9.36 Å². The van der Waals surface area contributed by atoms with Crippen LogP contribution in [0, 0.1) is 29.5 Å². The summed E-state index contributed by atoms with van der Waals surface area (Å²) in [4.78, 5) is 14.9. The molecule has 6 nitrogen and oxygen atoms in total. The number of hydrogen-bond acceptors (Lipinski definition) is 5. The molecule has 0 N–H and O–H groups in total. The highest BCUT2D eigenvalue weighted by Gasteiger charge is 2.43. The number of ether oxygens (including phenoxy) is 1. The molecule has 2 aliphatic carbocycles. The summed E-state index contributed by atoms with van der Waals surface area (Å²) in [5.41, 5.74) is 0. The molecule has 1 saturated heterocycles. The van der Waals surface area contributed by atoms with Crippen LogP contribution < -0.4 is 4.74 Å². The van der Waals surface area contributed by atoms with Crippen LogP contribution in [0.3, 0.4) is 0 Å². The molecule has 5 rings (SSSR count). The summed E-state index contributed by atoms with van der Waals surface area (Å²) in [7, 11) is 0. The predicted octanol–water partition coefficient (Wildman–Crippen LogP) is 5.34. The molecule has 1 amide bonds. The third-order valence-corrected chi connectivity index (χ3v) is 9.01. The third-order valence-electron chi connectivity index (χ3n) is 8.08. The lowest BCUT2D eigenvalue weighted by molar-refractivity contribution is -0.130. The molecule has 184 valence electrons. The third kappa shape index (κ3) is 4.97. The van der Waals surface area contributed by atoms with Crippen molar-refractivity contribution < 1.29 is 13.9 Å². The molecule has 2 aromatic rings. The van der Waals surface area contributed by atoms with Gasteiger partial charge >= 0.3 is 0 Å². The maximum atomic E-state index is 14.1. The Kier molecular flexibility index (Phi) is 7.14. The van der Waals surface area contributed by atoms with E-state index in [1.165, 1.54) is 49.9 Å². The summed E-state index contributed by atoms with van der Waals surface area (Å²) in [6, 6.07) is 6.65. The van der Waals surface area contributed by atoms with Gasteiger partial charge in [0.1, 0.15) is 6.61 Å². The molecular formula is C26H35FN4O2S. The molecule has 1 aromatic carbocycles. The summed E-state index contributed by atoms with van der Waals surface area (Å²) in [6.07, 6.45) is 7.49. The molecule has 5 unspecified atom stereocenters. The van der Waals surface area contributed by atoms with Crippen molar-refractivity contribution in [2.45, 2.75) is 70.2 Å². The van der Waals surface area contributed by atoms with E-state index < -0.39 is 0 Å². The monoisotopic (exact) mass is 486 g/mol. The van der Waals surface area contributed by atoms with Crippen LogP contribution in [0.15, 0.2) is 29.4 Å². The maximum Gasteiger partial charge on any atom is 0.233 e. The number of carbonyl (C=O) groups is 1. The first kappa shape index (κ1) is 23.6. The first-order chi connectivity index (χ1) is 16.5. The molecule has 8 heteroatoms. The normalized spacial score (nSPS) is 27.2. The summed E-state index contributed by atoms with van der Waals surface area (Å²) in [6.45, 7) is 6.30. The van der Waals surface area contributed by atoms with Gasteiger partial charge in [0.15, 0.2) is 22.5 Å². The van der Waals surface area contributed by atoms with Crippen LogP contribution in [-0.4, -0.2) is 44.4 Å². The Morgan fingerprint density at radius 2 is 2.09 bits per heavy atom. The van der Waals surface area contributed by atoms with E-state index in [1.807, 2.05) is 4.90 Å². The number of para-hydroxylation sites is 1. The van der Waals surface area contributed by atoms with Gasteiger partial charge < -0.3 is 9.64 Å². The van der Waals surface area contributed by atoms with Crippen molar-refractivity contribution in [3.8, 4) is 5.75 Å². The molecule has 2 saturated carbocycles. The van der Waals surface area contributed by atoms with Crippen molar-refractivity contribution in [2.24, 2.45) is 23.7 Å². The number of rotatable bonds is 8. The van der Waals surface area contributed by atoms with Gasteiger partial charge in [-0.2, -0.15) is 0 Å². The fourth-order valence-corrected chi connectivity index (χ4v) is 7.27. The largest absolute Gasteiger partial charge is 0.483 e. The van der Waals surface area contributed by atoms with E-state index in [9.17, 15) is 9.18 Å². The molecular weight excluding hydrogens is 451 g/mol. The minimum Gasteiger partial charge on any atom is -0.483 e. The van der Waals surface area contributed by atoms with Gasteiger partial charge in [-0.25, -0.2) is 4.39 Å². The van der Waals surface area contributed by atoms with Gasteiger partial charge in [-0.1, -0.05) is 37.2 Å². The lowest BCUT2D eigenvalue weighted by Crippen LogP contribution is -2.40. The molecule has 0 radical (unpaired) electrons. The Bertz CT molecular complexity index is 1010. The fourth-order valence-electron chi connectivity index (χ4n) is 6.33. The SMILES string of the molecule is CC1CCCN(C(=O)CSc2nnc(COc3ccccc3F)n2C(C)C2CC3CCC2C3)C1. The molecule has 3 fully saturated rings. The summed E-state index contributed by atoms with van der Waals surface area (Å²) in [5.74, 6) is 3.79.